The lowest BCUT2D eigenvalue weighted by Gasteiger charge is -2.21. The van der Waals surface area contributed by atoms with Crippen LogP contribution in [0.5, 0.6) is 5.75 Å². The Kier molecular flexibility index (Phi) is 10.5. The van der Waals surface area contributed by atoms with Crippen LogP contribution in [0.2, 0.25) is 0 Å². The van der Waals surface area contributed by atoms with Gasteiger partial charge in [-0.3, -0.25) is 4.79 Å². The molecule has 0 radical (unpaired) electrons. The fourth-order valence-corrected chi connectivity index (χ4v) is 3.45. The van der Waals surface area contributed by atoms with Gasteiger partial charge < -0.3 is 30.0 Å². The van der Waals surface area contributed by atoms with E-state index in [1.807, 2.05) is 36.4 Å². The van der Waals surface area contributed by atoms with Crippen LogP contribution in [0, 0.1) is 0 Å². The van der Waals surface area contributed by atoms with Gasteiger partial charge in [0.15, 0.2) is 0 Å². The van der Waals surface area contributed by atoms with Gasteiger partial charge in [0.1, 0.15) is 31.0 Å². The lowest BCUT2D eigenvalue weighted by Crippen LogP contribution is -2.54. The number of carbonyl (C=O) groups is 3. The van der Waals surface area contributed by atoms with E-state index in [0.29, 0.717) is 12.4 Å². The maximum absolute atomic E-state index is 12.8. The third-order valence-electron chi connectivity index (χ3n) is 5.39. The molecule has 2 amide bonds. The van der Waals surface area contributed by atoms with Gasteiger partial charge in [-0.2, -0.15) is 0 Å². The van der Waals surface area contributed by atoms with Gasteiger partial charge in [0.25, 0.3) is 0 Å². The lowest BCUT2D eigenvalue weighted by atomic mass is 10.0. The summed E-state index contributed by atoms with van der Waals surface area (Å²) in [6, 6.07) is 23.5. The predicted octanol–water partition coefficient (Wildman–Crippen LogP) is 2.75. The number of rotatable bonds is 12. The summed E-state index contributed by atoms with van der Waals surface area (Å²) in [6.45, 7) is -0.311. The Morgan fingerprint density at radius 1 is 0.784 bits per heavy atom. The number of aliphatic hydroxyl groups excluding tert-OH is 1. The van der Waals surface area contributed by atoms with Crippen molar-refractivity contribution in [2.45, 2.75) is 31.7 Å². The number of methoxy groups -OCH3 is 1. The summed E-state index contributed by atoms with van der Waals surface area (Å²) in [5.74, 6) is -0.828. The van der Waals surface area contributed by atoms with Crippen molar-refractivity contribution in [1.29, 1.82) is 0 Å². The number of aliphatic hydroxyl groups is 1. The van der Waals surface area contributed by atoms with Gasteiger partial charge in [-0.15, -0.1) is 0 Å². The van der Waals surface area contributed by atoms with E-state index in [1.165, 1.54) is 7.11 Å². The summed E-state index contributed by atoms with van der Waals surface area (Å²) in [6.07, 6.45) is -0.770. The normalized spacial score (nSPS) is 12.1. The highest BCUT2D eigenvalue weighted by Gasteiger charge is 2.27. The molecule has 0 fully saturated rings. The molecule has 3 aromatic carbocycles. The number of carbonyl (C=O) groups excluding carboxylic acids is 3. The first-order chi connectivity index (χ1) is 18.0. The van der Waals surface area contributed by atoms with Crippen LogP contribution in [0.3, 0.4) is 0 Å². The van der Waals surface area contributed by atoms with Gasteiger partial charge >= 0.3 is 12.1 Å². The number of hydrogen-bond acceptors (Lipinski definition) is 7. The molecule has 0 saturated heterocycles. The first-order valence-electron chi connectivity index (χ1n) is 11.7. The topological polar surface area (TPSA) is 123 Å². The molecule has 3 aromatic rings. The first kappa shape index (κ1) is 27.2. The molecule has 0 aliphatic carbocycles. The summed E-state index contributed by atoms with van der Waals surface area (Å²) in [5.41, 5.74) is 2.50. The molecule has 9 heteroatoms. The Balaban J connectivity index is 1.58. The van der Waals surface area contributed by atoms with Crippen molar-refractivity contribution in [2.24, 2.45) is 0 Å². The minimum absolute atomic E-state index is 0.0000888. The molecule has 0 heterocycles. The first-order valence-corrected chi connectivity index (χ1v) is 11.7. The van der Waals surface area contributed by atoms with Gasteiger partial charge in [0.05, 0.1) is 13.7 Å². The summed E-state index contributed by atoms with van der Waals surface area (Å²) in [4.78, 5) is 37.3. The van der Waals surface area contributed by atoms with E-state index in [9.17, 15) is 19.5 Å². The second kappa shape index (κ2) is 14.3. The Labute approximate surface area is 215 Å². The molecule has 3 N–H and O–H groups in total. The fraction of sp³-hybridized carbons (Fsp3) is 0.250. The number of benzene rings is 3. The highest BCUT2D eigenvalue weighted by molar-refractivity contribution is 5.89. The van der Waals surface area contributed by atoms with Gasteiger partial charge in [0.2, 0.25) is 5.91 Å². The number of alkyl carbamates (subject to hydrolysis) is 1. The van der Waals surface area contributed by atoms with E-state index in [2.05, 4.69) is 10.6 Å². The SMILES string of the molecule is COC(=O)[C@H](Cc1cccc(OCc2ccccc2)c1)NC(=O)[C@H](CO)NC(=O)OCc1ccccc1. The molecule has 9 nitrogen and oxygen atoms in total. The number of amides is 2. The van der Waals surface area contributed by atoms with Crippen molar-refractivity contribution in [3.63, 3.8) is 0 Å². The molecule has 0 aliphatic heterocycles. The third kappa shape index (κ3) is 8.97. The smallest absolute Gasteiger partial charge is 0.408 e. The van der Waals surface area contributed by atoms with Crippen LogP contribution in [0.1, 0.15) is 16.7 Å². The molecular weight excluding hydrogens is 476 g/mol. The Morgan fingerprint density at radius 3 is 2.03 bits per heavy atom. The monoisotopic (exact) mass is 506 g/mol. The molecule has 0 aliphatic rings. The quantitative estimate of drug-likeness (QED) is 0.323. The zero-order chi connectivity index (χ0) is 26.5. The van der Waals surface area contributed by atoms with Crippen LogP contribution in [0.25, 0.3) is 0 Å². The van der Waals surface area contributed by atoms with Gasteiger partial charge in [-0.05, 0) is 28.8 Å². The fourth-order valence-electron chi connectivity index (χ4n) is 3.45. The average molecular weight is 507 g/mol. The standard InChI is InChI=1S/C28H30N2O7/c1-35-27(33)24(16-22-13-8-14-23(15-22)36-18-20-9-4-2-5-10-20)29-26(32)25(17-31)30-28(34)37-19-21-11-6-3-7-12-21/h2-15,24-25,31H,16-19H2,1H3,(H,29,32)(H,30,34)/t24-,25-/m0/s1. The summed E-state index contributed by atoms with van der Waals surface area (Å²) >= 11 is 0. The van der Waals surface area contributed by atoms with E-state index >= 15 is 0 Å². The van der Waals surface area contributed by atoms with E-state index in [4.69, 9.17) is 14.2 Å². The molecule has 0 spiro atoms. The largest absolute Gasteiger partial charge is 0.489 e. The molecule has 0 unspecified atom stereocenters. The number of esters is 1. The van der Waals surface area contributed by atoms with E-state index < -0.39 is 36.7 Å². The minimum Gasteiger partial charge on any atom is -0.489 e. The van der Waals surface area contributed by atoms with Crippen molar-refractivity contribution in [2.75, 3.05) is 13.7 Å². The molecule has 0 bridgehead atoms. The van der Waals surface area contributed by atoms with Gasteiger partial charge in [-0.1, -0.05) is 72.8 Å². The van der Waals surface area contributed by atoms with Crippen LogP contribution < -0.4 is 15.4 Å². The molecular formula is C28H30N2O7. The van der Waals surface area contributed by atoms with Crippen LogP contribution in [-0.2, 0) is 38.7 Å². The van der Waals surface area contributed by atoms with Gasteiger partial charge in [0, 0.05) is 6.42 Å². The van der Waals surface area contributed by atoms with Crippen LogP contribution >= 0.6 is 0 Å². The maximum atomic E-state index is 12.8. The van der Waals surface area contributed by atoms with Crippen LogP contribution in [0.4, 0.5) is 4.79 Å². The molecule has 3 rings (SSSR count). The van der Waals surface area contributed by atoms with Crippen molar-refractivity contribution < 1.29 is 33.7 Å². The second-order valence-electron chi connectivity index (χ2n) is 8.15. The van der Waals surface area contributed by atoms with Gasteiger partial charge in [-0.25, -0.2) is 9.59 Å². The highest BCUT2D eigenvalue weighted by Crippen LogP contribution is 2.17. The maximum Gasteiger partial charge on any atom is 0.408 e. The van der Waals surface area contributed by atoms with Crippen LogP contribution in [-0.4, -0.2) is 48.9 Å². The molecule has 194 valence electrons. The van der Waals surface area contributed by atoms with E-state index in [0.717, 1.165) is 16.7 Å². The van der Waals surface area contributed by atoms with Crippen molar-refractivity contribution in [1.82, 2.24) is 10.6 Å². The molecule has 0 aromatic heterocycles. The Bertz CT molecular complexity index is 1160. The van der Waals surface area contributed by atoms with E-state index in [1.54, 1.807) is 48.5 Å². The number of hydrogen-bond donors (Lipinski definition) is 3. The number of ether oxygens (including phenoxy) is 3. The summed E-state index contributed by atoms with van der Waals surface area (Å²) < 4.78 is 15.8. The molecule has 2 atom stereocenters. The average Bonchev–Trinajstić information content (AvgIpc) is 2.94. The van der Waals surface area contributed by atoms with Crippen molar-refractivity contribution >= 4 is 18.0 Å². The predicted molar refractivity (Wildman–Crippen MR) is 136 cm³/mol. The molecule has 37 heavy (non-hydrogen) atoms. The third-order valence-corrected chi connectivity index (χ3v) is 5.39. The van der Waals surface area contributed by atoms with Crippen molar-refractivity contribution in [3.05, 3.63) is 102 Å². The highest BCUT2D eigenvalue weighted by atomic mass is 16.5. The zero-order valence-electron chi connectivity index (χ0n) is 20.5. The van der Waals surface area contributed by atoms with E-state index in [-0.39, 0.29) is 13.0 Å². The second-order valence-corrected chi connectivity index (χ2v) is 8.15. The minimum atomic E-state index is -1.32. The summed E-state index contributed by atoms with van der Waals surface area (Å²) in [5, 5.41) is 14.5. The number of nitrogens with one attached hydrogen (secondary N) is 2. The van der Waals surface area contributed by atoms with Crippen molar-refractivity contribution in [3.8, 4) is 5.75 Å². The summed E-state index contributed by atoms with van der Waals surface area (Å²) in [7, 11) is 1.21. The molecule has 0 saturated carbocycles. The lowest BCUT2D eigenvalue weighted by molar-refractivity contribution is -0.145. The van der Waals surface area contributed by atoms with Crippen LogP contribution in [0.15, 0.2) is 84.9 Å². The Hall–Kier alpha value is -4.37. The Morgan fingerprint density at radius 2 is 1.41 bits per heavy atom. The zero-order valence-corrected chi connectivity index (χ0v) is 20.5.